The van der Waals surface area contributed by atoms with E-state index in [1.807, 2.05) is 32.2 Å². The standard InChI is InChI=1S/C9H7BrClN.C8H9BrClN/c1-5-2-8(10)9(11)7-4-12-3-6(5)7;1-4-3-6(9)7(10)5(2)8(4)11/h2,4H,3H2,1H3;3H,11H2,1-2H3. The smallest absolute Gasteiger partial charge is 0.0649 e. The maximum absolute atomic E-state index is 6.07. The van der Waals surface area contributed by atoms with Crippen LogP contribution in [0, 0.1) is 20.8 Å². The Morgan fingerprint density at radius 3 is 2.22 bits per heavy atom. The Kier molecular flexibility index (Phi) is 6.17. The Balaban J connectivity index is 0.000000168. The molecular formula is C17H16Br2Cl2N2. The molecule has 0 saturated heterocycles. The van der Waals surface area contributed by atoms with Gasteiger partial charge in [-0.15, -0.1) is 0 Å². The van der Waals surface area contributed by atoms with Crippen LogP contribution in [-0.4, -0.2) is 6.21 Å². The number of halogens is 4. The maximum atomic E-state index is 6.07. The highest BCUT2D eigenvalue weighted by Crippen LogP contribution is 2.33. The van der Waals surface area contributed by atoms with E-state index in [1.165, 1.54) is 11.1 Å². The average Bonchev–Trinajstić information content (AvgIpc) is 3.00. The predicted molar refractivity (Wildman–Crippen MR) is 108 cm³/mol. The number of anilines is 1. The van der Waals surface area contributed by atoms with Crippen molar-refractivity contribution in [3.63, 3.8) is 0 Å². The number of nitrogens with zero attached hydrogens (tertiary/aromatic N) is 1. The minimum Gasteiger partial charge on any atom is -0.398 e. The molecule has 2 aromatic carbocycles. The van der Waals surface area contributed by atoms with Crippen molar-refractivity contribution in [2.45, 2.75) is 27.3 Å². The van der Waals surface area contributed by atoms with Crippen LogP contribution in [0.2, 0.25) is 10.0 Å². The van der Waals surface area contributed by atoms with E-state index >= 15 is 0 Å². The highest BCUT2D eigenvalue weighted by atomic mass is 79.9. The zero-order valence-electron chi connectivity index (χ0n) is 13.0. The molecule has 0 aromatic heterocycles. The molecule has 1 heterocycles. The Morgan fingerprint density at radius 1 is 1.00 bits per heavy atom. The number of rotatable bonds is 0. The summed E-state index contributed by atoms with van der Waals surface area (Å²) >= 11 is 18.8. The summed E-state index contributed by atoms with van der Waals surface area (Å²) in [5.41, 5.74) is 12.1. The Bertz CT molecular complexity index is 776. The summed E-state index contributed by atoms with van der Waals surface area (Å²) in [6.45, 7) is 6.72. The van der Waals surface area contributed by atoms with Crippen molar-refractivity contribution in [2.24, 2.45) is 4.99 Å². The summed E-state index contributed by atoms with van der Waals surface area (Å²) in [5.74, 6) is 0. The Labute approximate surface area is 163 Å². The third kappa shape index (κ3) is 3.93. The van der Waals surface area contributed by atoms with Crippen LogP contribution >= 0.6 is 55.1 Å². The first kappa shape index (κ1) is 18.8. The van der Waals surface area contributed by atoms with Gasteiger partial charge in [-0.2, -0.15) is 0 Å². The van der Waals surface area contributed by atoms with Crippen LogP contribution in [0.1, 0.15) is 27.8 Å². The van der Waals surface area contributed by atoms with E-state index < -0.39 is 0 Å². The van der Waals surface area contributed by atoms with Crippen molar-refractivity contribution in [1.82, 2.24) is 0 Å². The van der Waals surface area contributed by atoms with Gasteiger partial charge in [0.05, 0.1) is 16.6 Å². The van der Waals surface area contributed by atoms with Gasteiger partial charge < -0.3 is 5.73 Å². The van der Waals surface area contributed by atoms with E-state index in [-0.39, 0.29) is 0 Å². The largest absolute Gasteiger partial charge is 0.398 e. The van der Waals surface area contributed by atoms with Gasteiger partial charge in [-0.25, -0.2) is 0 Å². The average molecular weight is 479 g/mol. The van der Waals surface area contributed by atoms with Gasteiger partial charge in [-0.05, 0) is 87.0 Å². The molecule has 0 spiro atoms. The number of nitrogen functional groups attached to an aromatic ring is 1. The van der Waals surface area contributed by atoms with Gasteiger partial charge in [-0.1, -0.05) is 23.2 Å². The first-order chi connectivity index (χ1) is 10.7. The van der Waals surface area contributed by atoms with Gasteiger partial charge in [-0.3, -0.25) is 4.99 Å². The predicted octanol–water partition coefficient (Wildman–Crippen LogP) is 6.64. The fourth-order valence-corrected chi connectivity index (χ4v) is 3.88. The number of benzene rings is 2. The molecule has 0 aliphatic carbocycles. The zero-order chi connectivity index (χ0) is 17.3. The van der Waals surface area contributed by atoms with Crippen molar-refractivity contribution in [2.75, 3.05) is 5.73 Å². The molecule has 23 heavy (non-hydrogen) atoms. The quantitative estimate of drug-likeness (QED) is 0.423. The van der Waals surface area contributed by atoms with Crippen LogP contribution in [0.15, 0.2) is 26.1 Å². The molecule has 0 unspecified atom stereocenters. The number of hydrogen-bond donors (Lipinski definition) is 1. The van der Waals surface area contributed by atoms with Crippen molar-refractivity contribution in [1.29, 1.82) is 0 Å². The Hall–Kier alpha value is -0.550. The number of aliphatic imine (C=N–C) groups is 1. The van der Waals surface area contributed by atoms with E-state index in [4.69, 9.17) is 28.9 Å². The molecule has 0 radical (unpaired) electrons. The first-order valence-electron chi connectivity index (χ1n) is 6.92. The molecular weight excluding hydrogens is 463 g/mol. The zero-order valence-corrected chi connectivity index (χ0v) is 17.7. The number of fused-ring (bicyclic) bond motifs is 1. The SMILES string of the molecule is Cc1cc(Br)c(Cl)c(C)c1N.Cc1cc(Br)c(Cl)c2c1CN=C2. The van der Waals surface area contributed by atoms with E-state index in [0.717, 1.165) is 42.9 Å². The highest BCUT2D eigenvalue weighted by molar-refractivity contribution is 9.10. The number of aryl methyl sites for hydroxylation is 2. The summed E-state index contributed by atoms with van der Waals surface area (Å²) in [7, 11) is 0. The number of nitrogens with two attached hydrogens (primary N) is 1. The van der Waals surface area contributed by atoms with Crippen LogP contribution in [0.3, 0.4) is 0 Å². The van der Waals surface area contributed by atoms with Gasteiger partial charge >= 0.3 is 0 Å². The second-order valence-electron chi connectivity index (χ2n) is 5.38. The second-order valence-corrected chi connectivity index (χ2v) is 7.84. The fraction of sp³-hybridized carbons (Fsp3) is 0.235. The van der Waals surface area contributed by atoms with Crippen LogP contribution in [0.5, 0.6) is 0 Å². The third-order valence-electron chi connectivity index (χ3n) is 3.77. The lowest BCUT2D eigenvalue weighted by atomic mass is 10.0. The molecule has 6 heteroatoms. The minimum absolute atomic E-state index is 0.702. The summed E-state index contributed by atoms with van der Waals surface area (Å²) in [4.78, 5) is 4.18. The van der Waals surface area contributed by atoms with E-state index in [0.29, 0.717) is 5.02 Å². The molecule has 2 N–H and O–H groups in total. The van der Waals surface area contributed by atoms with Crippen molar-refractivity contribution < 1.29 is 0 Å². The number of hydrogen-bond acceptors (Lipinski definition) is 2. The summed E-state index contributed by atoms with van der Waals surface area (Å²) in [6.07, 6.45) is 1.84. The molecule has 0 bridgehead atoms. The van der Waals surface area contributed by atoms with Gasteiger partial charge in [0.2, 0.25) is 0 Å². The van der Waals surface area contributed by atoms with Crippen LogP contribution in [0.25, 0.3) is 0 Å². The van der Waals surface area contributed by atoms with Gasteiger partial charge in [0, 0.05) is 26.4 Å². The van der Waals surface area contributed by atoms with Gasteiger partial charge in [0.25, 0.3) is 0 Å². The van der Waals surface area contributed by atoms with Gasteiger partial charge in [0.15, 0.2) is 0 Å². The van der Waals surface area contributed by atoms with Gasteiger partial charge in [0.1, 0.15) is 0 Å². The van der Waals surface area contributed by atoms with E-state index in [9.17, 15) is 0 Å². The Morgan fingerprint density at radius 2 is 1.57 bits per heavy atom. The minimum atomic E-state index is 0.702. The summed E-state index contributed by atoms with van der Waals surface area (Å²) in [5, 5.41) is 1.48. The second kappa shape index (κ2) is 7.56. The lowest BCUT2D eigenvalue weighted by molar-refractivity contribution is 1.09. The normalized spacial score (nSPS) is 12.0. The molecule has 122 valence electrons. The summed E-state index contributed by atoms with van der Waals surface area (Å²) in [6, 6.07) is 3.96. The van der Waals surface area contributed by atoms with Crippen molar-refractivity contribution in [3.05, 3.63) is 58.9 Å². The molecule has 1 aliphatic heterocycles. The molecule has 3 rings (SSSR count). The molecule has 2 aromatic rings. The van der Waals surface area contributed by atoms with Crippen molar-refractivity contribution >= 4 is 67.0 Å². The lowest BCUT2D eigenvalue weighted by Crippen LogP contribution is -1.94. The monoisotopic (exact) mass is 476 g/mol. The lowest BCUT2D eigenvalue weighted by Gasteiger charge is -2.07. The fourth-order valence-electron chi connectivity index (χ4n) is 2.31. The maximum Gasteiger partial charge on any atom is 0.0649 e. The topological polar surface area (TPSA) is 38.4 Å². The van der Waals surface area contributed by atoms with Crippen LogP contribution < -0.4 is 5.73 Å². The molecule has 1 aliphatic rings. The highest BCUT2D eigenvalue weighted by Gasteiger charge is 2.14. The molecule has 0 fully saturated rings. The van der Waals surface area contributed by atoms with Crippen LogP contribution in [0.4, 0.5) is 5.69 Å². The van der Waals surface area contributed by atoms with Crippen molar-refractivity contribution in [3.8, 4) is 0 Å². The third-order valence-corrected chi connectivity index (χ3v) is 6.37. The molecule has 0 atom stereocenters. The van der Waals surface area contributed by atoms with E-state index in [2.05, 4.69) is 43.8 Å². The van der Waals surface area contributed by atoms with E-state index in [1.54, 1.807) is 0 Å². The first-order valence-corrected chi connectivity index (χ1v) is 9.26. The van der Waals surface area contributed by atoms with Crippen LogP contribution in [-0.2, 0) is 6.54 Å². The molecule has 2 nitrogen and oxygen atoms in total. The summed E-state index contributed by atoms with van der Waals surface area (Å²) < 4.78 is 1.86. The molecule has 0 amide bonds. The molecule has 0 saturated carbocycles.